The van der Waals surface area contributed by atoms with Gasteiger partial charge >= 0.3 is 0 Å². The fraction of sp³-hybridized carbons (Fsp3) is 1.00. The summed E-state index contributed by atoms with van der Waals surface area (Å²) >= 11 is 0. The summed E-state index contributed by atoms with van der Waals surface area (Å²) in [5, 5.41) is 3.51. The Hall–Kier alpha value is -0.0800. The molecule has 0 aromatic carbocycles. The smallest absolute Gasteiger partial charge is 0.0499 e. The van der Waals surface area contributed by atoms with Gasteiger partial charge in [-0.2, -0.15) is 0 Å². The fourth-order valence-corrected chi connectivity index (χ4v) is 1.30. The molecule has 1 rings (SSSR count). The maximum Gasteiger partial charge on any atom is 0.0499 e. The molecule has 3 atom stereocenters. The number of methoxy groups -OCH3 is 1. The van der Waals surface area contributed by atoms with Crippen molar-refractivity contribution < 1.29 is 4.74 Å². The van der Waals surface area contributed by atoms with E-state index in [0.717, 1.165) is 25.1 Å². The number of hydrogen-bond donors (Lipinski definition) is 1. The van der Waals surface area contributed by atoms with Crippen LogP contribution in [0.4, 0.5) is 0 Å². The summed E-state index contributed by atoms with van der Waals surface area (Å²) in [4.78, 5) is 0. The van der Waals surface area contributed by atoms with Crippen LogP contribution in [-0.2, 0) is 4.74 Å². The highest BCUT2D eigenvalue weighted by molar-refractivity contribution is 4.89. The molecule has 0 aromatic rings. The molecule has 2 heteroatoms. The molecular formula is C9H19NO. The fourth-order valence-electron chi connectivity index (χ4n) is 1.30. The van der Waals surface area contributed by atoms with Crippen molar-refractivity contribution >= 4 is 0 Å². The van der Waals surface area contributed by atoms with Crippen LogP contribution in [-0.4, -0.2) is 26.3 Å². The van der Waals surface area contributed by atoms with Crippen molar-refractivity contribution in [2.75, 3.05) is 20.3 Å². The molecule has 0 radical (unpaired) electrons. The highest BCUT2D eigenvalue weighted by atomic mass is 16.5. The molecule has 0 bridgehead atoms. The third-order valence-electron chi connectivity index (χ3n) is 2.29. The molecule has 0 heterocycles. The van der Waals surface area contributed by atoms with Crippen LogP contribution >= 0.6 is 0 Å². The van der Waals surface area contributed by atoms with Crippen LogP contribution < -0.4 is 5.32 Å². The first kappa shape index (κ1) is 9.01. The SMILES string of the molecule is COCC(C)CNC1CC1C. The van der Waals surface area contributed by atoms with E-state index < -0.39 is 0 Å². The van der Waals surface area contributed by atoms with Crippen LogP contribution in [0.25, 0.3) is 0 Å². The van der Waals surface area contributed by atoms with E-state index in [4.69, 9.17) is 4.74 Å². The van der Waals surface area contributed by atoms with Gasteiger partial charge in [-0.05, 0) is 18.3 Å². The first-order chi connectivity index (χ1) is 5.24. The van der Waals surface area contributed by atoms with Crippen molar-refractivity contribution in [2.45, 2.75) is 26.3 Å². The van der Waals surface area contributed by atoms with Crippen molar-refractivity contribution in [3.05, 3.63) is 0 Å². The molecule has 2 nitrogen and oxygen atoms in total. The van der Waals surface area contributed by atoms with Crippen molar-refractivity contribution in [3.63, 3.8) is 0 Å². The molecule has 1 fully saturated rings. The van der Waals surface area contributed by atoms with E-state index in [-0.39, 0.29) is 0 Å². The zero-order chi connectivity index (χ0) is 8.27. The highest BCUT2D eigenvalue weighted by Crippen LogP contribution is 2.28. The molecule has 66 valence electrons. The van der Waals surface area contributed by atoms with Gasteiger partial charge in [0.05, 0.1) is 0 Å². The molecule has 11 heavy (non-hydrogen) atoms. The number of ether oxygens (including phenoxy) is 1. The van der Waals surface area contributed by atoms with Crippen molar-refractivity contribution in [3.8, 4) is 0 Å². The maximum absolute atomic E-state index is 5.04. The highest BCUT2D eigenvalue weighted by Gasteiger charge is 2.31. The molecule has 0 spiro atoms. The summed E-state index contributed by atoms with van der Waals surface area (Å²) in [6.45, 7) is 6.47. The summed E-state index contributed by atoms with van der Waals surface area (Å²) in [6, 6.07) is 0.800. The van der Waals surface area contributed by atoms with Crippen LogP contribution in [0.1, 0.15) is 20.3 Å². The number of rotatable bonds is 5. The Kier molecular flexibility index (Phi) is 3.34. The Morgan fingerprint density at radius 1 is 1.64 bits per heavy atom. The van der Waals surface area contributed by atoms with E-state index in [0.29, 0.717) is 5.92 Å². The standard InChI is InChI=1S/C9H19NO/c1-7(6-11-3)5-10-9-4-8(9)2/h7-10H,4-6H2,1-3H3. The minimum atomic E-state index is 0.646. The van der Waals surface area contributed by atoms with E-state index in [1.54, 1.807) is 7.11 Å². The lowest BCUT2D eigenvalue weighted by molar-refractivity contribution is 0.158. The summed E-state index contributed by atoms with van der Waals surface area (Å²) < 4.78 is 5.04. The zero-order valence-electron chi connectivity index (χ0n) is 7.76. The molecule has 3 unspecified atom stereocenters. The average Bonchev–Trinajstić information content (AvgIpc) is 2.63. The van der Waals surface area contributed by atoms with Gasteiger partial charge in [0.2, 0.25) is 0 Å². The van der Waals surface area contributed by atoms with Gasteiger partial charge < -0.3 is 10.1 Å². The van der Waals surface area contributed by atoms with Crippen molar-refractivity contribution in [2.24, 2.45) is 11.8 Å². The lowest BCUT2D eigenvalue weighted by Crippen LogP contribution is -2.26. The van der Waals surface area contributed by atoms with Crippen LogP contribution in [0.2, 0.25) is 0 Å². The van der Waals surface area contributed by atoms with Gasteiger partial charge in [0.1, 0.15) is 0 Å². The number of hydrogen-bond acceptors (Lipinski definition) is 2. The van der Waals surface area contributed by atoms with Crippen LogP contribution in [0.3, 0.4) is 0 Å². The molecule has 1 aliphatic carbocycles. The largest absolute Gasteiger partial charge is 0.384 e. The Morgan fingerprint density at radius 3 is 2.73 bits per heavy atom. The molecule has 0 amide bonds. The Labute approximate surface area is 69.3 Å². The van der Waals surface area contributed by atoms with Gasteiger partial charge in [0.25, 0.3) is 0 Å². The van der Waals surface area contributed by atoms with Gasteiger partial charge in [0, 0.05) is 26.3 Å². The van der Waals surface area contributed by atoms with Gasteiger partial charge in [0.15, 0.2) is 0 Å². The lowest BCUT2D eigenvalue weighted by Gasteiger charge is -2.10. The monoisotopic (exact) mass is 157 g/mol. The minimum Gasteiger partial charge on any atom is -0.384 e. The van der Waals surface area contributed by atoms with Crippen molar-refractivity contribution in [1.82, 2.24) is 5.32 Å². The van der Waals surface area contributed by atoms with Gasteiger partial charge in [-0.25, -0.2) is 0 Å². The first-order valence-corrected chi connectivity index (χ1v) is 4.46. The summed E-state index contributed by atoms with van der Waals surface area (Å²) in [6.07, 6.45) is 1.36. The molecule has 1 N–H and O–H groups in total. The van der Waals surface area contributed by atoms with Crippen LogP contribution in [0, 0.1) is 11.8 Å². The van der Waals surface area contributed by atoms with Crippen molar-refractivity contribution in [1.29, 1.82) is 0 Å². The second kappa shape index (κ2) is 4.07. The second-order valence-corrected chi connectivity index (χ2v) is 3.79. The van der Waals surface area contributed by atoms with Gasteiger partial charge in [-0.1, -0.05) is 13.8 Å². The molecule has 0 aliphatic heterocycles. The summed E-state index contributed by atoms with van der Waals surface area (Å²) in [7, 11) is 1.76. The Balaban J connectivity index is 1.94. The second-order valence-electron chi connectivity index (χ2n) is 3.79. The molecule has 0 saturated heterocycles. The Morgan fingerprint density at radius 2 is 2.27 bits per heavy atom. The molecule has 1 aliphatic rings. The lowest BCUT2D eigenvalue weighted by atomic mass is 10.2. The van der Waals surface area contributed by atoms with Gasteiger partial charge in [-0.15, -0.1) is 0 Å². The maximum atomic E-state index is 5.04. The number of nitrogens with one attached hydrogen (secondary N) is 1. The summed E-state index contributed by atoms with van der Waals surface area (Å²) in [5.74, 6) is 1.55. The quantitative estimate of drug-likeness (QED) is 0.649. The third kappa shape index (κ3) is 3.21. The molecule has 1 saturated carbocycles. The minimum absolute atomic E-state index is 0.646. The topological polar surface area (TPSA) is 21.3 Å². The zero-order valence-corrected chi connectivity index (χ0v) is 7.76. The van der Waals surface area contributed by atoms with E-state index in [1.807, 2.05) is 0 Å². The van der Waals surface area contributed by atoms with E-state index in [2.05, 4.69) is 19.2 Å². The van der Waals surface area contributed by atoms with Crippen LogP contribution in [0.15, 0.2) is 0 Å². The predicted molar refractivity (Wildman–Crippen MR) is 46.6 cm³/mol. The first-order valence-electron chi connectivity index (χ1n) is 4.46. The molecule has 0 aromatic heterocycles. The van der Waals surface area contributed by atoms with E-state index in [9.17, 15) is 0 Å². The van der Waals surface area contributed by atoms with Crippen LogP contribution in [0.5, 0.6) is 0 Å². The average molecular weight is 157 g/mol. The third-order valence-corrected chi connectivity index (χ3v) is 2.29. The summed E-state index contributed by atoms with van der Waals surface area (Å²) in [5.41, 5.74) is 0. The van der Waals surface area contributed by atoms with Gasteiger partial charge in [-0.3, -0.25) is 0 Å². The predicted octanol–water partition coefficient (Wildman–Crippen LogP) is 1.27. The Bertz CT molecular complexity index is 116. The molecular weight excluding hydrogens is 138 g/mol. The van der Waals surface area contributed by atoms with E-state index in [1.165, 1.54) is 6.42 Å². The van der Waals surface area contributed by atoms with E-state index >= 15 is 0 Å². The normalized spacial score (nSPS) is 31.9.